The van der Waals surface area contributed by atoms with Gasteiger partial charge in [-0.1, -0.05) is 12.1 Å². The number of fused-ring (bicyclic) bond motifs is 2. The zero-order valence-electron chi connectivity index (χ0n) is 13.6. The van der Waals surface area contributed by atoms with E-state index in [4.69, 9.17) is 4.74 Å². The van der Waals surface area contributed by atoms with Gasteiger partial charge in [-0.25, -0.2) is 9.78 Å². The number of aryl methyl sites for hydroxylation is 1. The highest BCUT2D eigenvalue weighted by Gasteiger charge is 2.55. The number of urea groups is 1. The molecule has 1 spiro atoms. The lowest BCUT2D eigenvalue weighted by atomic mass is 9.91. The SMILES string of the molecule is COc1ccc2c(c1)[C@@]1(CC2)NC(=O)N(Cc2cccc(F)n2)C1=O. The van der Waals surface area contributed by atoms with Crippen molar-refractivity contribution in [3.63, 3.8) is 0 Å². The first kappa shape index (κ1) is 15.6. The van der Waals surface area contributed by atoms with Crippen molar-refractivity contribution in [1.29, 1.82) is 0 Å². The van der Waals surface area contributed by atoms with Gasteiger partial charge in [-0.2, -0.15) is 4.39 Å². The number of hydrogen-bond donors (Lipinski definition) is 1. The lowest BCUT2D eigenvalue weighted by molar-refractivity contribution is -0.132. The van der Waals surface area contributed by atoms with Crippen molar-refractivity contribution in [2.45, 2.75) is 24.9 Å². The Bertz CT molecular complexity index is 886. The molecule has 4 rings (SSSR count). The number of carbonyl (C=O) groups is 2. The summed E-state index contributed by atoms with van der Waals surface area (Å²) in [6, 6.07) is 9.36. The first-order valence-electron chi connectivity index (χ1n) is 7.96. The van der Waals surface area contributed by atoms with Crippen LogP contribution in [0, 0.1) is 5.95 Å². The zero-order valence-corrected chi connectivity index (χ0v) is 13.6. The predicted octanol–water partition coefficient (Wildman–Crippen LogP) is 2.12. The fraction of sp³-hybridized carbons (Fsp3) is 0.278. The number of amides is 3. The molecule has 3 amide bonds. The second kappa shape index (κ2) is 5.54. The lowest BCUT2D eigenvalue weighted by Crippen LogP contribution is -2.41. The molecule has 2 aliphatic rings. The van der Waals surface area contributed by atoms with Crippen LogP contribution in [0.1, 0.15) is 23.2 Å². The van der Waals surface area contributed by atoms with Gasteiger partial charge in [-0.15, -0.1) is 0 Å². The molecule has 0 bridgehead atoms. The molecule has 1 fully saturated rings. The number of halogens is 1. The van der Waals surface area contributed by atoms with Gasteiger partial charge >= 0.3 is 6.03 Å². The van der Waals surface area contributed by atoms with Gasteiger partial charge in [0.2, 0.25) is 5.95 Å². The Morgan fingerprint density at radius 1 is 1.32 bits per heavy atom. The Labute approximate surface area is 143 Å². The van der Waals surface area contributed by atoms with Crippen LogP contribution in [0.15, 0.2) is 36.4 Å². The highest BCUT2D eigenvalue weighted by molar-refractivity contribution is 6.08. The fourth-order valence-electron chi connectivity index (χ4n) is 3.58. The molecule has 0 radical (unpaired) electrons. The van der Waals surface area contributed by atoms with E-state index in [2.05, 4.69) is 10.3 Å². The average molecular weight is 341 g/mol. The minimum Gasteiger partial charge on any atom is -0.497 e. The molecule has 1 aliphatic heterocycles. The van der Waals surface area contributed by atoms with E-state index in [1.165, 1.54) is 12.1 Å². The molecule has 0 unspecified atom stereocenters. The Morgan fingerprint density at radius 3 is 2.92 bits per heavy atom. The number of nitrogens with one attached hydrogen (secondary N) is 1. The molecular weight excluding hydrogens is 325 g/mol. The number of aromatic nitrogens is 1. The zero-order chi connectivity index (χ0) is 17.6. The van der Waals surface area contributed by atoms with E-state index in [1.54, 1.807) is 19.2 Å². The van der Waals surface area contributed by atoms with Gasteiger partial charge < -0.3 is 10.1 Å². The molecule has 1 saturated heterocycles. The number of imide groups is 1. The van der Waals surface area contributed by atoms with Crippen LogP contribution in [-0.4, -0.2) is 28.9 Å². The normalized spacial score (nSPS) is 21.6. The van der Waals surface area contributed by atoms with Gasteiger partial charge in [-0.05, 0) is 48.2 Å². The molecule has 1 aliphatic carbocycles. The van der Waals surface area contributed by atoms with E-state index in [9.17, 15) is 14.0 Å². The first-order valence-corrected chi connectivity index (χ1v) is 7.96. The van der Waals surface area contributed by atoms with Crippen molar-refractivity contribution in [3.05, 3.63) is 59.2 Å². The summed E-state index contributed by atoms with van der Waals surface area (Å²) in [6.45, 7) is -0.0660. The molecule has 1 aromatic heterocycles. The number of pyridine rings is 1. The standard InChI is InChI=1S/C18H16FN3O3/c1-25-13-6-5-11-7-8-18(14(11)9-13)16(23)22(17(24)21-18)10-12-3-2-4-15(19)20-12/h2-6,9H,7-8,10H2,1H3,(H,21,24)/t18-/m1/s1. The van der Waals surface area contributed by atoms with Crippen LogP contribution >= 0.6 is 0 Å². The maximum Gasteiger partial charge on any atom is 0.325 e. The monoisotopic (exact) mass is 341 g/mol. The maximum atomic E-state index is 13.3. The minimum absolute atomic E-state index is 0.0660. The molecule has 7 heteroatoms. The van der Waals surface area contributed by atoms with Crippen molar-refractivity contribution in [3.8, 4) is 5.75 Å². The third-order valence-electron chi connectivity index (χ3n) is 4.81. The van der Waals surface area contributed by atoms with Gasteiger partial charge in [0.15, 0.2) is 0 Å². The number of hydrogen-bond acceptors (Lipinski definition) is 4. The van der Waals surface area contributed by atoms with Crippen LogP contribution in [0.4, 0.5) is 9.18 Å². The fourth-order valence-corrected chi connectivity index (χ4v) is 3.58. The van der Waals surface area contributed by atoms with E-state index < -0.39 is 17.5 Å². The molecule has 1 atom stereocenters. The molecule has 0 saturated carbocycles. The number of benzene rings is 1. The summed E-state index contributed by atoms with van der Waals surface area (Å²) >= 11 is 0. The topological polar surface area (TPSA) is 71.5 Å². The maximum absolute atomic E-state index is 13.3. The van der Waals surface area contributed by atoms with Gasteiger partial charge in [0.05, 0.1) is 19.3 Å². The summed E-state index contributed by atoms with van der Waals surface area (Å²) in [4.78, 5) is 30.3. The second-order valence-electron chi connectivity index (χ2n) is 6.20. The van der Waals surface area contributed by atoms with Crippen molar-refractivity contribution >= 4 is 11.9 Å². The highest BCUT2D eigenvalue weighted by atomic mass is 19.1. The largest absolute Gasteiger partial charge is 0.497 e. The Balaban J connectivity index is 1.69. The molecule has 2 aromatic rings. The van der Waals surface area contributed by atoms with Crippen LogP contribution in [0.5, 0.6) is 5.75 Å². The Kier molecular flexibility index (Phi) is 3.45. The lowest BCUT2D eigenvalue weighted by Gasteiger charge is -2.22. The molecular formula is C18H16FN3O3. The Morgan fingerprint density at radius 2 is 2.16 bits per heavy atom. The Hall–Kier alpha value is -2.96. The van der Waals surface area contributed by atoms with Crippen molar-refractivity contribution in [2.75, 3.05) is 7.11 Å². The van der Waals surface area contributed by atoms with E-state index in [-0.39, 0.29) is 12.5 Å². The smallest absolute Gasteiger partial charge is 0.325 e. The highest BCUT2D eigenvalue weighted by Crippen LogP contribution is 2.43. The van der Waals surface area contributed by atoms with Gasteiger partial charge in [0, 0.05) is 0 Å². The summed E-state index contributed by atoms with van der Waals surface area (Å²) in [7, 11) is 1.56. The summed E-state index contributed by atoms with van der Waals surface area (Å²) in [5.41, 5.74) is 1.03. The number of rotatable bonds is 3. The first-order chi connectivity index (χ1) is 12.0. The molecule has 6 nitrogen and oxygen atoms in total. The second-order valence-corrected chi connectivity index (χ2v) is 6.20. The van der Waals surface area contributed by atoms with Crippen LogP contribution in [0.25, 0.3) is 0 Å². The summed E-state index contributed by atoms with van der Waals surface area (Å²) in [5, 5.41) is 2.83. The number of carbonyl (C=O) groups excluding carboxylic acids is 2. The quantitative estimate of drug-likeness (QED) is 0.686. The van der Waals surface area contributed by atoms with E-state index in [0.717, 1.165) is 16.0 Å². The predicted molar refractivity (Wildman–Crippen MR) is 86.3 cm³/mol. The van der Waals surface area contributed by atoms with Crippen LogP contribution < -0.4 is 10.1 Å². The van der Waals surface area contributed by atoms with Gasteiger partial charge in [0.25, 0.3) is 5.91 Å². The molecule has 1 N–H and O–H groups in total. The molecule has 2 heterocycles. The molecule has 25 heavy (non-hydrogen) atoms. The van der Waals surface area contributed by atoms with Crippen LogP contribution in [0.3, 0.4) is 0 Å². The molecule has 128 valence electrons. The van der Waals surface area contributed by atoms with E-state index in [0.29, 0.717) is 24.3 Å². The van der Waals surface area contributed by atoms with Crippen LogP contribution in [-0.2, 0) is 23.3 Å². The third kappa shape index (κ3) is 2.34. The summed E-state index contributed by atoms with van der Waals surface area (Å²) in [5.74, 6) is -0.349. The average Bonchev–Trinajstić information content (AvgIpc) is 3.08. The van der Waals surface area contributed by atoms with Crippen molar-refractivity contribution in [1.82, 2.24) is 15.2 Å². The van der Waals surface area contributed by atoms with E-state index in [1.807, 2.05) is 12.1 Å². The number of methoxy groups -OCH3 is 1. The summed E-state index contributed by atoms with van der Waals surface area (Å²) in [6.07, 6.45) is 1.19. The van der Waals surface area contributed by atoms with Gasteiger partial charge in [-0.3, -0.25) is 9.69 Å². The molecule has 1 aromatic carbocycles. The number of nitrogens with zero attached hydrogens (tertiary/aromatic N) is 2. The third-order valence-corrected chi connectivity index (χ3v) is 4.81. The number of ether oxygens (including phenoxy) is 1. The van der Waals surface area contributed by atoms with Crippen molar-refractivity contribution in [2.24, 2.45) is 0 Å². The van der Waals surface area contributed by atoms with Crippen LogP contribution in [0.2, 0.25) is 0 Å². The minimum atomic E-state index is -1.08. The van der Waals surface area contributed by atoms with E-state index >= 15 is 0 Å². The van der Waals surface area contributed by atoms with Crippen molar-refractivity contribution < 1.29 is 18.7 Å². The van der Waals surface area contributed by atoms with Gasteiger partial charge in [0.1, 0.15) is 11.3 Å². The summed E-state index contributed by atoms with van der Waals surface area (Å²) < 4.78 is 18.5.